The summed E-state index contributed by atoms with van der Waals surface area (Å²) in [6.07, 6.45) is 1.64. The fraction of sp³-hybridized carbons (Fsp3) is 0.160. The second kappa shape index (κ2) is 9.78. The van der Waals surface area contributed by atoms with E-state index in [1.807, 2.05) is 45.0 Å². The normalized spacial score (nSPS) is 11.5. The fourth-order valence-corrected chi connectivity index (χ4v) is 4.21. The van der Waals surface area contributed by atoms with E-state index in [0.717, 1.165) is 15.8 Å². The Kier molecular flexibility index (Phi) is 6.98. The van der Waals surface area contributed by atoms with Crippen molar-refractivity contribution in [3.05, 3.63) is 76.7 Å². The monoisotopic (exact) mass is 514 g/mol. The minimum absolute atomic E-state index is 0.166. The van der Waals surface area contributed by atoms with Gasteiger partial charge in [0.05, 0.1) is 10.5 Å². The van der Waals surface area contributed by atoms with Gasteiger partial charge in [0.15, 0.2) is 0 Å². The van der Waals surface area contributed by atoms with Gasteiger partial charge in [-0.25, -0.2) is 14.4 Å². The van der Waals surface area contributed by atoms with E-state index in [9.17, 15) is 9.18 Å². The first-order valence-electron chi connectivity index (χ1n) is 10.4. The quantitative estimate of drug-likeness (QED) is 0.265. The molecule has 5 nitrogen and oxygen atoms in total. The van der Waals surface area contributed by atoms with Gasteiger partial charge in [0, 0.05) is 32.6 Å². The van der Waals surface area contributed by atoms with E-state index in [-0.39, 0.29) is 17.7 Å². The van der Waals surface area contributed by atoms with Crippen molar-refractivity contribution < 1.29 is 9.18 Å². The van der Waals surface area contributed by atoms with Gasteiger partial charge in [-0.05, 0) is 71.6 Å². The van der Waals surface area contributed by atoms with Crippen LogP contribution in [0.5, 0.6) is 0 Å². The first-order chi connectivity index (χ1) is 16.1. The molecule has 0 saturated heterocycles. The number of amides is 1. The zero-order valence-electron chi connectivity index (χ0n) is 18.6. The molecule has 0 fully saturated rings. The highest BCUT2D eigenvalue weighted by atomic mass is 35.5. The third-order valence-electron chi connectivity index (χ3n) is 4.89. The number of fused-ring (bicyclic) bond motifs is 1. The number of carbonyl (C=O) groups excluding carboxylic acids is 1. The summed E-state index contributed by atoms with van der Waals surface area (Å²) in [5, 5.41) is 4.61. The third kappa shape index (κ3) is 5.78. The van der Waals surface area contributed by atoms with Crippen LogP contribution in [0.2, 0.25) is 10.0 Å². The lowest BCUT2D eigenvalue weighted by Crippen LogP contribution is -2.28. The molecule has 1 aromatic heterocycles. The highest BCUT2D eigenvalue weighted by Gasteiger charge is 2.22. The van der Waals surface area contributed by atoms with Gasteiger partial charge in [-0.15, -0.1) is 0 Å². The zero-order chi connectivity index (χ0) is 24.5. The minimum atomic E-state index is -0.554. The fourth-order valence-electron chi connectivity index (χ4n) is 3.05. The van der Waals surface area contributed by atoms with Crippen molar-refractivity contribution in [3.63, 3.8) is 0 Å². The molecule has 0 radical (unpaired) electrons. The molecular formula is C25H21Cl2FN4OS. The van der Waals surface area contributed by atoms with Gasteiger partial charge in [-0.3, -0.25) is 10.1 Å². The van der Waals surface area contributed by atoms with E-state index < -0.39 is 5.41 Å². The van der Waals surface area contributed by atoms with Crippen LogP contribution in [0, 0.1) is 11.2 Å². The number of hydrogen-bond donors (Lipinski definition) is 2. The Morgan fingerprint density at radius 1 is 1.00 bits per heavy atom. The van der Waals surface area contributed by atoms with E-state index in [2.05, 4.69) is 20.0 Å². The highest BCUT2D eigenvalue weighted by molar-refractivity contribution is 8.00. The van der Waals surface area contributed by atoms with E-state index in [1.54, 1.807) is 24.4 Å². The van der Waals surface area contributed by atoms with Crippen molar-refractivity contribution in [1.29, 1.82) is 0 Å². The molecule has 2 N–H and O–H groups in total. The van der Waals surface area contributed by atoms with Crippen LogP contribution in [0.25, 0.3) is 22.0 Å². The van der Waals surface area contributed by atoms with Crippen molar-refractivity contribution in [3.8, 4) is 11.1 Å². The summed E-state index contributed by atoms with van der Waals surface area (Å²) in [5.74, 6) is -0.302. The zero-order valence-corrected chi connectivity index (χ0v) is 20.9. The molecule has 4 aromatic rings. The number of carbonyl (C=O) groups is 1. The van der Waals surface area contributed by atoms with Crippen LogP contribution in [0.3, 0.4) is 0 Å². The van der Waals surface area contributed by atoms with Crippen LogP contribution in [0.4, 0.5) is 16.0 Å². The van der Waals surface area contributed by atoms with Gasteiger partial charge in [0.1, 0.15) is 5.82 Å². The van der Waals surface area contributed by atoms with Crippen LogP contribution >= 0.6 is 35.1 Å². The molecule has 1 heterocycles. The lowest BCUT2D eigenvalue weighted by molar-refractivity contribution is -0.123. The lowest BCUT2D eigenvalue weighted by Gasteiger charge is -2.16. The predicted molar refractivity (Wildman–Crippen MR) is 139 cm³/mol. The summed E-state index contributed by atoms with van der Waals surface area (Å²) in [6, 6.07) is 15.4. The molecule has 0 aliphatic rings. The number of halogens is 3. The SMILES string of the molecule is CC(C)(C)C(=O)Nc1ncc2cc(-c3cc(F)cc(NSc4cc(Cl)ccc4Cl)c3)ccc2n1. The van der Waals surface area contributed by atoms with E-state index >= 15 is 0 Å². The van der Waals surface area contributed by atoms with Crippen LogP contribution in [-0.4, -0.2) is 15.9 Å². The Morgan fingerprint density at radius 2 is 1.79 bits per heavy atom. The van der Waals surface area contributed by atoms with E-state index in [4.69, 9.17) is 23.2 Å². The van der Waals surface area contributed by atoms with Gasteiger partial charge in [-0.2, -0.15) is 0 Å². The highest BCUT2D eigenvalue weighted by Crippen LogP contribution is 2.33. The van der Waals surface area contributed by atoms with Gasteiger partial charge in [0.2, 0.25) is 11.9 Å². The average Bonchev–Trinajstić information content (AvgIpc) is 2.78. The summed E-state index contributed by atoms with van der Waals surface area (Å²) >= 11 is 13.5. The maximum Gasteiger partial charge on any atom is 0.232 e. The molecule has 3 aromatic carbocycles. The molecule has 0 aliphatic heterocycles. The smallest absolute Gasteiger partial charge is 0.232 e. The molecule has 4 rings (SSSR count). The molecule has 0 bridgehead atoms. The van der Waals surface area contributed by atoms with Crippen LogP contribution in [-0.2, 0) is 4.79 Å². The number of aromatic nitrogens is 2. The summed E-state index contributed by atoms with van der Waals surface area (Å²) in [5.41, 5.74) is 2.18. The average molecular weight is 515 g/mol. The van der Waals surface area contributed by atoms with Gasteiger partial charge >= 0.3 is 0 Å². The Hall–Kier alpha value is -2.87. The van der Waals surface area contributed by atoms with Crippen LogP contribution in [0.15, 0.2) is 65.7 Å². The molecular weight excluding hydrogens is 494 g/mol. The Morgan fingerprint density at radius 3 is 2.56 bits per heavy atom. The maximum atomic E-state index is 14.4. The first kappa shape index (κ1) is 24.3. The lowest BCUT2D eigenvalue weighted by atomic mass is 9.96. The topological polar surface area (TPSA) is 66.9 Å². The molecule has 0 saturated carbocycles. The minimum Gasteiger partial charge on any atom is -0.325 e. The summed E-state index contributed by atoms with van der Waals surface area (Å²) in [6.45, 7) is 5.46. The number of hydrogen-bond acceptors (Lipinski definition) is 5. The maximum absolute atomic E-state index is 14.4. The van der Waals surface area contributed by atoms with Gasteiger partial charge in [-0.1, -0.05) is 50.0 Å². The van der Waals surface area contributed by atoms with Crippen LogP contribution in [0.1, 0.15) is 20.8 Å². The Balaban J connectivity index is 1.57. The van der Waals surface area contributed by atoms with E-state index in [0.29, 0.717) is 26.8 Å². The van der Waals surface area contributed by atoms with Crippen molar-refractivity contribution in [1.82, 2.24) is 9.97 Å². The Bertz CT molecular complexity index is 1390. The Labute approximate surface area is 211 Å². The van der Waals surface area contributed by atoms with Crippen molar-refractivity contribution in [2.24, 2.45) is 5.41 Å². The molecule has 0 unspecified atom stereocenters. The van der Waals surface area contributed by atoms with Crippen molar-refractivity contribution in [2.45, 2.75) is 25.7 Å². The van der Waals surface area contributed by atoms with Gasteiger partial charge < -0.3 is 4.72 Å². The standard InChI is InChI=1S/C25H21Cl2FN4OS/c1-25(2,3)23(33)31-24-29-13-16-8-14(4-7-21(16)30-24)15-9-18(28)12-19(10-15)32-34-22-11-17(26)5-6-20(22)27/h4-13,32H,1-3H3,(H,29,30,31,33). The summed E-state index contributed by atoms with van der Waals surface area (Å²) < 4.78 is 17.5. The molecule has 1 amide bonds. The summed E-state index contributed by atoms with van der Waals surface area (Å²) in [7, 11) is 0. The van der Waals surface area contributed by atoms with Crippen molar-refractivity contribution in [2.75, 3.05) is 10.0 Å². The molecule has 0 atom stereocenters. The third-order valence-corrected chi connectivity index (χ3v) is 6.46. The second-order valence-corrected chi connectivity index (χ2v) is 10.4. The number of nitrogens with one attached hydrogen (secondary N) is 2. The number of anilines is 2. The second-order valence-electron chi connectivity index (χ2n) is 8.68. The summed E-state index contributed by atoms with van der Waals surface area (Å²) in [4.78, 5) is 21.6. The first-order valence-corrected chi connectivity index (χ1v) is 11.9. The molecule has 0 aliphatic carbocycles. The van der Waals surface area contributed by atoms with Crippen molar-refractivity contribution >= 4 is 63.6 Å². The molecule has 0 spiro atoms. The molecule has 174 valence electrons. The number of nitrogens with zero attached hydrogens (tertiary/aromatic N) is 2. The number of benzene rings is 3. The predicted octanol–water partition coefficient (Wildman–Crippen LogP) is 7.85. The van der Waals surface area contributed by atoms with E-state index in [1.165, 1.54) is 24.1 Å². The van der Waals surface area contributed by atoms with Gasteiger partial charge in [0.25, 0.3) is 0 Å². The van der Waals surface area contributed by atoms with Crippen LogP contribution < -0.4 is 10.0 Å². The molecule has 34 heavy (non-hydrogen) atoms. The molecule has 9 heteroatoms. The number of rotatable bonds is 5. The largest absolute Gasteiger partial charge is 0.325 e.